The Kier molecular flexibility index (Phi) is 5.25. The maximum atomic E-state index is 9.08. The summed E-state index contributed by atoms with van der Waals surface area (Å²) in [6, 6.07) is 5.66. The minimum atomic E-state index is -0.0287. The number of methoxy groups -OCH3 is 2. The molecule has 17 heavy (non-hydrogen) atoms. The Bertz CT molecular complexity index is 330. The molecule has 0 aliphatic carbocycles. The fourth-order valence-corrected chi connectivity index (χ4v) is 1.92. The highest BCUT2D eigenvalue weighted by Crippen LogP contribution is 2.30. The molecule has 1 rings (SSSR count). The molecule has 4 heteroatoms. The van der Waals surface area contributed by atoms with Gasteiger partial charge in [0, 0.05) is 24.6 Å². The molecule has 1 aromatic carbocycles. The van der Waals surface area contributed by atoms with Gasteiger partial charge in [-0.25, -0.2) is 0 Å². The topological polar surface area (TPSA) is 64.7 Å². The van der Waals surface area contributed by atoms with E-state index < -0.39 is 0 Å². The summed E-state index contributed by atoms with van der Waals surface area (Å²) >= 11 is 0. The number of benzene rings is 1. The Morgan fingerprint density at radius 2 is 1.71 bits per heavy atom. The van der Waals surface area contributed by atoms with Gasteiger partial charge in [0.1, 0.15) is 11.5 Å². The predicted octanol–water partition coefficient (Wildman–Crippen LogP) is 1.52. The van der Waals surface area contributed by atoms with Crippen molar-refractivity contribution in [2.45, 2.75) is 25.3 Å². The molecule has 3 N–H and O–H groups in total. The molecule has 0 fully saturated rings. The summed E-state index contributed by atoms with van der Waals surface area (Å²) in [6.07, 6.45) is 0.633. The lowest BCUT2D eigenvalue weighted by molar-refractivity contribution is 0.268. The number of hydrogen-bond donors (Lipinski definition) is 2. The Morgan fingerprint density at radius 3 is 2.06 bits per heavy atom. The van der Waals surface area contributed by atoms with Crippen LogP contribution in [0.2, 0.25) is 0 Å². The SMILES string of the molecule is COc1cc(OC)cc(C(CCO)C(C)N)c1. The molecule has 2 unspecified atom stereocenters. The minimum absolute atomic E-state index is 0.0287. The van der Waals surface area contributed by atoms with Crippen molar-refractivity contribution in [3.63, 3.8) is 0 Å². The highest BCUT2D eigenvalue weighted by atomic mass is 16.5. The normalized spacial score (nSPS) is 14.2. The molecule has 0 heterocycles. The lowest BCUT2D eigenvalue weighted by atomic mass is 9.90. The number of nitrogens with two attached hydrogens (primary N) is 1. The van der Waals surface area contributed by atoms with Crippen molar-refractivity contribution in [3.8, 4) is 11.5 Å². The van der Waals surface area contributed by atoms with E-state index in [1.54, 1.807) is 14.2 Å². The predicted molar refractivity (Wildman–Crippen MR) is 67.6 cm³/mol. The van der Waals surface area contributed by atoms with Gasteiger partial charge >= 0.3 is 0 Å². The first kappa shape index (κ1) is 13.8. The van der Waals surface area contributed by atoms with Gasteiger partial charge in [0.15, 0.2) is 0 Å². The van der Waals surface area contributed by atoms with Crippen LogP contribution in [-0.2, 0) is 0 Å². The van der Waals surface area contributed by atoms with Gasteiger partial charge in [0.25, 0.3) is 0 Å². The van der Waals surface area contributed by atoms with Crippen molar-refractivity contribution in [1.82, 2.24) is 0 Å². The summed E-state index contributed by atoms with van der Waals surface area (Å²) in [5.74, 6) is 1.58. The summed E-state index contributed by atoms with van der Waals surface area (Å²) in [5.41, 5.74) is 6.98. The molecule has 0 saturated carbocycles. The van der Waals surface area contributed by atoms with E-state index in [4.69, 9.17) is 20.3 Å². The first-order valence-electron chi connectivity index (χ1n) is 5.71. The van der Waals surface area contributed by atoms with E-state index >= 15 is 0 Å². The molecule has 0 saturated heterocycles. The molecule has 0 amide bonds. The van der Waals surface area contributed by atoms with Gasteiger partial charge in [-0.15, -0.1) is 0 Å². The maximum absolute atomic E-state index is 9.08. The van der Waals surface area contributed by atoms with E-state index in [1.807, 2.05) is 25.1 Å². The second-order valence-electron chi connectivity index (χ2n) is 4.12. The standard InChI is InChI=1S/C13H21NO3/c1-9(14)13(4-5-15)10-6-11(16-2)8-12(7-10)17-3/h6-9,13,15H,4-5,14H2,1-3H3. The fourth-order valence-electron chi connectivity index (χ4n) is 1.92. The quantitative estimate of drug-likeness (QED) is 0.790. The summed E-state index contributed by atoms with van der Waals surface area (Å²) in [6.45, 7) is 2.05. The zero-order chi connectivity index (χ0) is 12.8. The zero-order valence-electron chi connectivity index (χ0n) is 10.6. The fraction of sp³-hybridized carbons (Fsp3) is 0.538. The molecule has 0 aliphatic heterocycles. The van der Waals surface area contributed by atoms with Gasteiger partial charge < -0.3 is 20.3 Å². The number of ether oxygens (including phenoxy) is 2. The van der Waals surface area contributed by atoms with Crippen LogP contribution in [0.5, 0.6) is 11.5 Å². The Morgan fingerprint density at radius 1 is 1.18 bits per heavy atom. The Labute approximate surface area is 102 Å². The summed E-state index contributed by atoms with van der Waals surface area (Å²) in [5, 5.41) is 9.08. The van der Waals surface area contributed by atoms with Crippen molar-refractivity contribution in [3.05, 3.63) is 23.8 Å². The smallest absolute Gasteiger partial charge is 0.122 e. The molecular weight excluding hydrogens is 218 g/mol. The lowest BCUT2D eigenvalue weighted by Gasteiger charge is -2.21. The third kappa shape index (κ3) is 3.61. The molecule has 4 nitrogen and oxygen atoms in total. The second kappa shape index (κ2) is 6.47. The van der Waals surface area contributed by atoms with Gasteiger partial charge in [-0.1, -0.05) is 0 Å². The van der Waals surface area contributed by atoms with Crippen LogP contribution in [0.4, 0.5) is 0 Å². The van der Waals surface area contributed by atoms with Crippen LogP contribution in [-0.4, -0.2) is 32.0 Å². The average molecular weight is 239 g/mol. The minimum Gasteiger partial charge on any atom is -0.497 e. The van der Waals surface area contributed by atoms with Gasteiger partial charge in [0.2, 0.25) is 0 Å². The first-order valence-corrected chi connectivity index (χ1v) is 5.71. The molecule has 0 bridgehead atoms. The third-order valence-electron chi connectivity index (χ3n) is 2.88. The lowest BCUT2D eigenvalue weighted by Crippen LogP contribution is -2.25. The van der Waals surface area contributed by atoms with Gasteiger partial charge in [-0.3, -0.25) is 0 Å². The van der Waals surface area contributed by atoms with Gasteiger partial charge in [-0.2, -0.15) is 0 Å². The number of hydrogen-bond acceptors (Lipinski definition) is 4. The van der Waals surface area contributed by atoms with Crippen LogP contribution in [0, 0.1) is 0 Å². The molecule has 1 aromatic rings. The van der Waals surface area contributed by atoms with E-state index in [0.717, 1.165) is 17.1 Å². The van der Waals surface area contributed by atoms with Crippen LogP contribution in [0.25, 0.3) is 0 Å². The second-order valence-corrected chi connectivity index (χ2v) is 4.12. The summed E-state index contributed by atoms with van der Waals surface area (Å²) in [7, 11) is 3.23. The number of aliphatic hydroxyl groups is 1. The van der Waals surface area contributed by atoms with E-state index in [9.17, 15) is 0 Å². The molecule has 0 aliphatic rings. The molecule has 0 radical (unpaired) electrons. The monoisotopic (exact) mass is 239 g/mol. The van der Waals surface area contributed by atoms with E-state index in [0.29, 0.717) is 6.42 Å². The van der Waals surface area contributed by atoms with E-state index in [1.165, 1.54) is 0 Å². The van der Waals surface area contributed by atoms with Crippen LogP contribution in [0.3, 0.4) is 0 Å². The molecule has 0 aromatic heterocycles. The van der Waals surface area contributed by atoms with Crippen LogP contribution in [0.15, 0.2) is 18.2 Å². The van der Waals surface area contributed by atoms with E-state index in [2.05, 4.69) is 0 Å². The highest BCUT2D eigenvalue weighted by molar-refractivity contribution is 5.40. The maximum Gasteiger partial charge on any atom is 0.122 e. The molecular formula is C13H21NO3. The Hall–Kier alpha value is -1.26. The van der Waals surface area contributed by atoms with Crippen molar-refractivity contribution in [1.29, 1.82) is 0 Å². The van der Waals surface area contributed by atoms with Crippen LogP contribution < -0.4 is 15.2 Å². The van der Waals surface area contributed by atoms with Crippen molar-refractivity contribution >= 4 is 0 Å². The Balaban J connectivity index is 3.08. The number of rotatable bonds is 6. The molecule has 2 atom stereocenters. The van der Waals surface area contributed by atoms with Crippen molar-refractivity contribution in [2.75, 3.05) is 20.8 Å². The third-order valence-corrected chi connectivity index (χ3v) is 2.88. The largest absolute Gasteiger partial charge is 0.497 e. The van der Waals surface area contributed by atoms with Crippen molar-refractivity contribution < 1.29 is 14.6 Å². The highest BCUT2D eigenvalue weighted by Gasteiger charge is 2.17. The van der Waals surface area contributed by atoms with Crippen LogP contribution in [0.1, 0.15) is 24.8 Å². The summed E-state index contributed by atoms with van der Waals surface area (Å²) in [4.78, 5) is 0. The first-order chi connectivity index (χ1) is 8.12. The number of aliphatic hydroxyl groups excluding tert-OH is 1. The van der Waals surface area contributed by atoms with E-state index in [-0.39, 0.29) is 18.6 Å². The van der Waals surface area contributed by atoms with Crippen LogP contribution >= 0.6 is 0 Å². The zero-order valence-corrected chi connectivity index (χ0v) is 10.6. The molecule has 96 valence electrons. The van der Waals surface area contributed by atoms with Gasteiger partial charge in [-0.05, 0) is 31.0 Å². The average Bonchev–Trinajstić information content (AvgIpc) is 2.34. The summed E-state index contributed by atoms with van der Waals surface area (Å²) < 4.78 is 10.4. The molecule has 0 spiro atoms. The van der Waals surface area contributed by atoms with Gasteiger partial charge in [0.05, 0.1) is 14.2 Å². The van der Waals surface area contributed by atoms with Crippen molar-refractivity contribution in [2.24, 2.45) is 5.73 Å².